The monoisotopic (exact) mass is 362 g/mol. The summed E-state index contributed by atoms with van der Waals surface area (Å²) >= 11 is 0. The number of hydrogen-bond acceptors (Lipinski definition) is 5. The molecule has 2 atom stereocenters. The maximum absolute atomic E-state index is 12.7. The van der Waals surface area contributed by atoms with Crippen molar-refractivity contribution in [1.29, 1.82) is 0 Å². The third-order valence-corrected chi connectivity index (χ3v) is 4.62. The predicted molar refractivity (Wildman–Crippen MR) is 100.0 cm³/mol. The Balaban J connectivity index is 2.10. The highest BCUT2D eigenvalue weighted by Crippen LogP contribution is 2.20. The number of nitrogens with zero attached hydrogens (tertiary/aromatic N) is 2. The first-order valence-corrected chi connectivity index (χ1v) is 9.28. The fourth-order valence-corrected chi connectivity index (χ4v) is 3.28. The highest BCUT2D eigenvalue weighted by atomic mass is 16.5. The second-order valence-corrected chi connectivity index (χ2v) is 6.97. The first-order chi connectivity index (χ1) is 12.4. The lowest BCUT2D eigenvalue weighted by molar-refractivity contribution is -0.125. The van der Waals surface area contributed by atoms with Gasteiger partial charge in [0.1, 0.15) is 11.3 Å². The Labute approximate surface area is 155 Å². The van der Waals surface area contributed by atoms with E-state index in [2.05, 4.69) is 26.8 Å². The van der Waals surface area contributed by atoms with Crippen molar-refractivity contribution < 1.29 is 14.1 Å². The molecular formula is C19H30N4O3. The van der Waals surface area contributed by atoms with Gasteiger partial charge in [0.05, 0.1) is 11.7 Å². The van der Waals surface area contributed by atoms with E-state index in [9.17, 15) is 9.59 Å². The van der Waals surface area contributed by atoms with E-state index in [1.807, 2.05) is 27.7 Å². The summed E-state index contributed by atoms with van der Waals surface area (Å²) in [7, 11) is 0. The number of carbonyl (C=O) groups excluding carboxylic acids is 2. The van der Waals surface area contributed by atoms with Crippen molar-refractivity contribution in [3.63, 3.8) is 0 Å². The van der Waals surface area contributed by atoms with Crippen LogP contribution in [0.1, 0.15) is 55.9 Å². The maximum Gasteiger partial charge on any atom is 0.257 e. The Kier molecular flexibility index (Phi) is 6.97. The maximum atomic E-state index is 12.7. The Morgan fingerprint density at radius 3 is 2.69 bits per heavy atom. The van der Waals surface area contributed by atoms with Crippen LogP contribution in [0.15, 0.2) is 16.2 Å². The summed E-state index contributed by atoms with van der Waals surface area (Å²) < 4.78 is 5.16. The van der Waals surface area contributed by atoms with Crippen LogP contribution in [-0.4, -0.2) is 53.6 Å². The number of likely N-dealkylation sites (N-methyl/N-ethyl adjacent to an activating group) is 1. The lowest BCUT2D eigenvalue weighted by atomic mass is 10.1. The fourth-order valence-electron chi connectivity index (χ4n) is 3.28. The second-order valence-electron chi connectivity index (χ2n) is 6.97. The molecule has 26 heavy (non-hydrogen) atoms. The van der Waals surface area contributed by atoms with Crippen molar-refractivity contribution in [3.8, 4) is 0 Å². The molecule has 0 bridgehead atoms. The SMILES string of the molecule is CCNC(=O)C1CC(NC(=O)c2c(CC)noc2C)CN1CC=C(C)C. The lowest BCUT2D eigenvalue weighted by Gasteiger charge is -2.21. The molecule has 1 aromatic rings. The first-order valence-electron chi connectivity index (χ1n) is 9.28. The number of allylic oxidation sites excluding steroid dienone is 1. The van der Waals surface area contributed by atoms with Gasteiger partial charge >= 0.3 is 0 Å². The average Bonchev–Trinajstić information content (AvgIpc) is 3.16. The summed E-state index contributed by atoms with van der Waals surface area (Å²) in [6, 6.07) is -0.315. The molecule has 1 aliphatic rings. The molecule has 0 aliphatic carbocycles. The Bertz CT molecular complexity index is 676. The van der Waals surface area contributed by atoms with Crippen molar-refractivity contribution >= 4 is 11.8 Å². The van der Waals surface area contributed by atoms with E-state index in [0.29, 0.717) is 49.5 Å². The van der Waals surface area contributed by atoms with E-state index in [0.717, 1.165) is 0 Å². The molecule has 0 radical (unpaired) electrons. The van der Waals surface area contributed by atoms with E-state index >= 15 is 0 Å². The van der Waals surface area contributed by atoms with Crippen LogP contribution in [0, 0.1) is 6.92 Å². The molecule has 2 unspecified atom stereocenters. The van der Waals surface area contributed by atoms with Crippen LogP contribution in [0.2, 0.25) is 0 Å². The van der Waals surface area contributed by atoms with E-state index in [1.54, 1.807) is 6.92 Å². The predicted octanol–water partition coefficient (Wildman–Crippen LogP) is 1.82. The van der Waals surface area contributed by atoms with Gasteiger partial charge in [-0.15, -0.1) is 0 Å². The molecule has 1 fully saturated rings. The fraction of sp³-hybridized carbons (Fsp3) is 0.632. The molecule has 0 saturated carbocycles. The number of aryl methyl sites for hydroxylation is 2. The highest BCUT2D eigenvalue weighted by Gasteiger charge is 2.37. The van der Waals surface area contributed by atoms with Crippen LogP contribution >= 0.6 is 0 Å². The summed E-state index contributed by atoms with van der Waals surface area (Å²) in [6.45, 7) is 11.6. The van der Waals surface area contributed by atoms with Crippen molar-refractivity contribution in [1.82, 2.24) is 20.7 Å². The molecule has 2 rings (SSSR count). The van der Waals surface area contributed by atoms with Gasteiger partial charge < -0.3 is 15.2 Å². The molecule has 1 aromatic heterocycles. The van der Waals surface area contributed by atoms with Gasteiger partial charge in [-0.3, -0.25) is 14.5 Å². The van der Waals surface area contributed by atoms with Gasteiger partial charge in [-0.05, 0) is 40.5 Å². The molecule has 2 heterocycles. The van der Waals surface area contributed by atoms with Crippen LogP contribution in [0.25, 0.3) is 0 Å². The standard InChI is InChI=1S/C19H30N4O3/c1-6-15-17(13(5)26-22-15)19(25)21-14-10-16(18(24)20-7-2)23(11-14)9-8-12(3)4/h8,14,16H,6-7,9-11H2,1-5H3,(H,20,24)(H,21,25). The van der Waals surface area contributed by atoms with Crippen LogP contribution in [0.5, 0.6) is 0 Å². The number of likely N-dealkylation sites (tertiary alicyclic amines) is 1. The molecular weight excluding hydrogens is 332 g/mol. The molecule has 2 N–H and O–H groups in total. The number of carbonyl (C=O) groups is 2. The van der Waals surface area contributed by atoms with E-state index in [4.69, 9.17) is 4.52 Å². The van der Waals surface area contributed by atoms with Crippen LogP contribution in [0.3, 0.4) is 0 Å². The van der Waals surface area contributed by atoms with E-state index in [-0.39, 0.29) is 23.9 Å². The molecule has 1 saturated heterocycles. The van der Waals surface area contributed by atoms with Crippen molar-refractivity contribution in [2.75, 3.05) is 19.6 Å². The quantitative estimate of drug-likeness (QED) is 0.723. The van der Waals surface area contributed by atoms with Crippen molar-refractivity contribution in [2.24, 2.45) is 0 Å². The minimum atomic E-state index is -0.231. The number of hydrogen-bond donors (Lipinski definition) is 2. The van der Waals surface area contributed by atoms with Gasteiger partial charge in [0.15, 0.2) is 0 Å². The molecule has 2 amide bonds. The average molecular weight is 362 g/mol. The number of aromatic nitrogens is 1. The highest BCUT2D eigenvalue weighted by molar-refractivity contribution is 5.96. The van der Waals surface area contributed by atoms with Gasteiger partial charge in [0.25, 0.3) is 5.91 Å². The normalized spacial score (nSPS) is 20.0. The summed E-state index contributed by atoms with van der Waals surface area (Å²) in [6.07, 6.45) is 3.34. The Morgan fingerprint density at radius 2 is 2.08 bits per heavy atom. The van der Waals surface area contributed by atoms with Gasteiger partial charge in [-0.25, -0.2) is 0 Å². The Hall–Kier alpha value is -2.15. The van der Waals surface area contributed by atoms with Crippen LogP contribution in [-0.2, 0) is 11.2 Å². The van der Waals surface area contributed by atoms with Gasteiger partial charge in [0, 0.05) is 25.7 Å². The summed E-state index contributed by atoms with van der Waals surface area (Å²) in [5.41, 5.74) is 2.39. The third kappa shape index (κ3) is 4.72. The van der Waals surface area contributed by atoms with Crippen molar-refractivity contribution in [2.45, 2.75) is 59.5 Å². The van der Waals surface area contributed by atoms with Crippen molar-refractivity contribution in [3.05, 3.63) is 28.7 Å². The summed E-state index contributed by atoms with van der Waals surface area (Å²) in [4.78, 5) is 27.2. The number of amides is 2. The number of nitrogens with one attached hydrogen (secondary N) is 2. The molecule has 144 valence electrons. The third-order valence-electron chi connectivity index (χ3n) is 4.62. The van der Waals surface area contributed by atoms with E-state index < -0.39 is 0 Å². The smallest absolute Gasteiger partial charge is 0.257 e. The molecule has 7 heteroatoms. The van der Waals surface area contributed by atoms with Gasteiger partial charge in [0.2, 0.25) is 5.91 Å². The molecule has 7 nitrogen and oxygen atoms in total. The topological polar surface area (TPSA) is 87.5 Å². The summed E-state index contributed by atoms with van der Waals surface area (Å²) in [5, 5.41) is 9.90. The van der Waals surface area contributed by atoms with E-state index in [1.165, 1.54) is 5.57 Å². The zero-order valence-corrected chi connectivity index (χ0v) is 16.4. The lowest BCUT2D eigenvalue weighted by Crippen LogP contribution is -2.43. The minimum Gasteiger partial charge on any atom is -0.361 e. The van der Waals surface area contributed by atoms with Gasteiger partial charge in [-0.1, -0.05) is 23.7 Å². The summed E-state index contributed by atoms with van der Waals surface area (Å²) in [5.74, 6) is 0.366. The zero-order valence-electron chi connectivity index (χ0n) is 16.4. The Morgan fingerprint density at radius 1 is 1.35 bits per heavy atom. The molecule has 0 spiro atoms. The van der Waals surface area contributed by atoms with Crippen LogP contribution < -0.4 is 10.6 Å². The minimum absolute atomic E-state index is 0.0156. The van der Waals surface area contributed by atoms with Crippen LogP contribution in [0.4, 0.5) is 0 Å². The van der Waals surface area contributed by atoms with Gasteiger partial charge in [-0.2, -0.15) is 0 Å². The molecule has 1 aliphatic heterocycles. The number of rotatable bonds is 7. The first kappa shape index (κ1) is 20.2. The zero-order chi connectivity index (χ0) is 19.3. The molecule has 0 aromatic carbocycles. The second kappa shape index (κ2) is 8.98. The largest absolute Gasteiger partial charge is 0.361 e.